The normalized spacial score (nSPS) is 13.7. The molecule has 0 unspecified atom stereocenters. The van der Waals surface area contributed by atoms with Crippen molar-refractivity contribution in [2.75, 3.05) is 21.3 Å². The molecule has 1 N–H and O–H groups in total. The molecule has 1 amide bonds. The van der Waals surface area contributed by atoms with Gasteiger partial charge in [0.1, 0.15) is 5.69 Å². The minimum atomic E-state index is -0.113. The average Bonchev–Trinajstić information content (AvgIpc) is 3.31. The lowest BCUT2D eigenvalue weighted by molar-refractivity contribution is 0.0778. The van der Waals surface area contributed by atoms with E-state index in [1.165, 1.54) is 12.8 Å². The zero-order valence-electron chi connectivity index (χ0n) is 13.6. The van der Waals surface area contributed by atoms with Gasteiger partial charge in [-0.1, -0.05) is 12.1 Å². The number of H-pyrrole nitrogens is 1. The first-order valence-corrected chi connectivity index (χ1v) is 7.64. The van der Waals surface area contributed by atoms with Gasteiger partial charge in [0.15, 0.2) is 11.5 Å². The summed E-state index contributed by atoms with van der Waals surface area (Å²) >= 11 is 0. The highest BCUT2D eigenvalue weighted by Crippen LogP contribution is 2.39. The Morgan fingerprint density at radius 3 is 2.78 bits per heavy atom. The zero-order chi connectivity index (χ0) is 16.4. The Labute approximate surface area is 135 Å². The number of benzene rings is 1. The standard InChI is InChI=1S/C17H21N3O3/c1-20(10-12-5-4-6-15(22-2)16(12)23-3)17(21)14-9-13(18-19-14)11-7-8-11/h4-6,9,11H,7-8,10H2,1-3H3,(H,18,19). The van der Waals surface area contributed by atoms with Gasteiger partial charge in [0, 0.05) is 30.8 Å². The summed E-state index contributed by atoms with van der Waals surface area (Å²) in [6.45, 7) is 0.421. The molecule has 3 rings (SSSR count). The van der Waals surface area contributed by atoms with Crippen LogP contribution in [0.15, 0.2) is 24.3 Å². The largest absolute Gasteiger partial charge is 0.493 e. The van der Waals surface area contributed by atoms with E-state index in [0.717, 1.165) is 11.3 Å². The van der Waals surface area contributed by atoms with E-state index in [1.807, 2.05) is 24.3 Å². The Kier molecular flexibility index (Phi) is 4.23. The number of aromatic amines is 1. The van der Waals surface area contributed by atoms with Gasteiger partial charge in [-0.25, -0.2) is 0 Å². The van der Waals surface area contributed by atoms with Crippen LogP contribution in [0.4, 0.5) is 0 Å². The summed E-state index contributed by atoms with van der Waals surface area (Å²) in [5, 5.41) is 7.11. The monoisotopic (exact) mass is 315 g/mol. The van der Waals surface area contributed by atoms with E-state index in [4.69, 9.17) is 9.47 Å². The lowest BCUT2D eigenvalue weighted by Gasteiger charge is -2.19. The van der Waals surface area contributed by atoms with Crippen molar-refractivity contribution in [2.24, 2.45) is 0 Å². The molecule has 0 radical (unpaired) electrons. The van der Waals surface area contributed by atoms with Crippen molar-refractivity contribution in [1.29, 1.82) is 0 Å². The molecule has 1 fully saturated rings. The summed E-state index contributed by atoms with van der Waals surface area (Å²) in [4.78, 5) is 14.2. The third-order valence-electron chi connectivity index (χ3n) is 4.07. The number of aromatic nitrogens is 2. The van der Waals surface area contributed by atoms with Crippen molar-refractivity contribution in [3.63, 3.8) is 0 Å². The maximum atomic E-state index is 12.5. The summed E-state index contributed by atoms with van der Waals surface area (Å²) in [6, 6.07) is 7.50. The second-order valence-corrected chi connectivity index (χ2v) is 5.80. The van der Waals surface area contributed by atoms with Crippen molar-refractivity contribution in [1.82, 2.24) is 15.1 Å². The van der Waals surface area contributed by atoms with Crippen LogP contribution in [0.5, 0.6) is 11.5 Å². The minimum absolute atomic E-state index is 0.113. The number of rotatable bonds is 6. The van der Waals surface area contributed by atoms with E-state index in [0.29, 0.717) is 29.7 Å². The average molecular weight is 315 g/mol. The molecule has 1 aliphatic carbocycles. The highest BCUT2D eigenvalue weighted by molar-refractivity contribution is 5.92. The Morgan fingerprint density at radius 1 is 1.35 bits per heavy atom. The molecule has 1 heterocycles. The van der Waals surface area contributed by atoms with Crippen LogP contribution in [0.2, 0.25) is 0 Å². The van der Waals surface area contributed by atoms with E-state index in [1.54, 1.807) is 26.2 Å². The lowest BCUT2D eigenvalue weighted by Crippen LogP contribution is -2.26. The highest BCUT2D eigenvalue weighted by atomic mass is 16.5. The summed E-state index contributed by atoms with van der Waals surface area (Å²) < 4.78 is 10.7. The summed E-state index contributed by atoms with van der Waals surface area (Å²) in [5.74, 6) is 1.74. The van der Waals surface area contributed by atoms with E-state index < -0.39 is 0 Å². The van der Waals surface area contributed by atoms with E-state index in [-0.39, 0.29) is 5.91 Å². The molecule has 0 aliphatic heterocycles. The van der Waals surface area contributed by atoms with Crippen molar-refractivity contribution in [2.45, 2.75) is 25.3 Å². The fraction of sp³-hybridized carbons (Fsp3) is 0.412. The minimum Gasteiger partial charge on any atom is -0.493 e. The van der Waals surface area contributed by atoms with Crippen LogP contribution in [0.25, 0.3) is 0 Å². The Hall–Kier alpha value is -2.50. The molecule has 0 spiro atoms. The number of carbonyl (C=O) groups excluding carboxylic acids is 1. The molecule has 6 nitrogen and oxygen atoms in total. The fourth-order valence-corrected chi connectivity index (χ4v) is 2.65. The first kappa shape index (κ1) is 15.4. The Balaban J connectivity index is 1.75. The van der Waals surface area contributed by atoms with Crippen LogP contribution in [0, 0.1) is 0 Å². The number of methoxy groups -OCH3 is 2. The number of nitrogens with one attached hydrogen (secondary N) is 1. The van der Waals surface area contributed by atoms with Crippen LogP contribution in [-0.4, -0.2) is 42.3 Å². The van der Waals surface area contributed by atoms with Gasteiger partial charge < -0.3 is 14.4 Å². The van der Waals surface area contributed by atoms with Gasteiger partial charge in [0.2, 0.25) is 0 Å². The molecule has 0 saturated heterocycles. The Morgan fingerprint density at radius 2 is 2.13 bits per heavy atom. The van der Waals surface area contributed by atoms with Crippen molar-refractivity contribution < 1.29 is 14.3 Å². The highest BCUT2D eigenvalue weighted by Gasteiger charge is 2.27. The van der Waals surface area contributed by atoms with Gasteiger partial charge in [0.25, 0.3) is 5.91 Å². The summed E-state index contributed by atoms with van der Waals surface area (Å²) in [5.41, 5.74) is 2.40. The molecule has 23 heavy (non-hydrogen) atoms. The van der Waals surface area contributed by atoms with Gasteiger partial charge in [-0.3, -0.25) is 9.89 Å². The molecule has 1 aliphatic rings. The maximum absolute atomic E-state index is 12.5. The SMILES string of the molecule is COc1cccc(CN(C)C(=O)c2cc(C3CC3)[nH]n2)c1OC. The van der Waals surface area contributed by atoms with Gasteiger partial charge >= 0.3 is 0 Å². The molecule has 1 saturated carbocycles. The van der Waals surface area contributed by atoms with Gasteiger partial charge in [0.05, 0.1) is 14.2 Å². The topological polar surface area (TPSA) is 67.5 Å². The van der Waals surface area contributed by atoms with Crippen LogP contribution in [0.3, 0.4) is 0 Å². The van der Waals surface area contributed by atoms with Crippen LogP contribution < -0.4 is 9.47 Å². The molecule has 0 atom stereocenters. The first-order valence-electron chi connectivity index (χ1n) is 7.64. The predicted molar refractivity (Wildman–Crippen MR) is 85.9 cm³/mol. The van der Waals surface area contributed by atoms with E-state index in [2.05, 4.69) is 10.2 Å². The predicted octanol–water partition coefficient (Wildman–Crippen LogP) is 2.58. The second kappa shape index (κ2) is 6.32. The number of hydrogen-bond donors (Lipinski definition) is 1. The molecular formula is C17H21N3O3. The second-order valence-electron chi connectivity index (χ2n) is 5.80. The number of para-hydroxylation sites is 1. The van der Waals surface area contributed by atoms with E-state index in [9.17, 15) is 4.79 Å². The zero-order valence-corrected chi connectivity index (χ0v) is 13.6. The van der Waals surface area contributed by atoms with Gasteiger partial charge in [-0.2, -0.15) is 5.10 Å². The smallest absolute Gasteiger partial charge is 0.274 e. The third-order valence-corrected chi connectivity index (χ3v) is 4.07. The number of nitrogens with zero attached hydrogens (tertiary/aromatic N) is 2. The lowest BCUT2D eigenvalue weighted by atomic mass is 10.1. The number of carbonyl (C=O) groups is 1. The van der Waals surface area contributed by atoms with E-state index >= 15 is 0 Å². The van der Waals surface area contributed by atoms with Crippen LogP contribution in [-0.2, 0) is 6.54 Å². The molecular weight excluding hydrogens is 294 g/mol. The maximum Gasteiger partial charge on any atom is 0.274 e. The van der Waals surface area contributed by atoms with Crippen LogP contribution in [0.1, 0.15) is 40.5 Å². The van der Waals surface area contributed by atoms with Gasteiger partial charge in [-0.15, -0.1) is 0 Å². The first-order chi connectivity index (χ1) is 11.1. The number of amides is 1. The number of hydrogen-bond acceptors (Lipinski definition) is 4. The van der Waals surface area contributed by atoms with Crippen molar-refractivity contribution in [3.8, 4) is 11.5 Å². The molecule has 6 heteroatoms. The molecule has 1 aromatic heterocycles. The molecule has 0 bridgehead atoms. The molecule has 122 valence electrons. The summed E-state index contributed by atoms with van der Waals surface area (Å²) in [7, 11) is 4.95. The Bertz CT molecular complexity index is 707. The molecule has 2 aromatic rings. The number of ether oxygens (including phenoxy) is 2. The summed E-state index contributed by atoms with van der Waals surface area (Å²) in [6.07, 6.45) is 2.35. The van der Waals surface area contributed by atoms with Crippen molar-refractivity contribution in [3.05, 3.63) is 41.2 Å². The molecule has 1 aromatic carbocycles. The fourth-order valence-electron chi connectivity index (χ4n) is 2.65. The van der Waals surface area contributed by atoms with Crippen molar-refractivity contribution >= 4 is 5.91 Å². The third kappa shape index (κ3) is 3.16. The van der Waals surface area contributed by atoms with Gasteiger partial charge in [-0.05, 0) is 25.0 Å². The quantitative estimate of drug-likeness (QED) is 0.889. The van der Waals surface area contributed by atoms with Crippen LogP contribution >= 0.6 is 0 Å².